The summed E-state index contributed by atoms with van der Waals surface area (Å²) >= 11 is 0. The molecule has 110 valence electrons. The molecule has 1 saturated heterocycles. The highest BCUT2D eigenvalue weighted by Crippen LogP contribution is 2.25. The quantitative estimate of drug-likeness (QED) is 0.939. The summed E-state index contributed by atoms with van der Waals surface area (Å²) in [6.07, 6.45) is 8.62. The summed E-state index contributed by atoms with van der Waals surface area (Å²) < 4.78 is 0. The molecular formula is C17H21N3O. The van der Waals surface area contributed by atoms with Crippen molar-refractivity contribution in [1.29, 1.82) is 0 Å². The van der Waals surface area contributed by atoms with Crippen LogP contribution in [0.3, 0.4) is 0 Å². The Labute approximate surface area is 125 Å². The Balaban J connectivity index is 1.81. The monoisotopic (exact) mass is 283 g/mol. The molecule has 1 aliphatic heterocycles. The van der Waals surface area contributed by atoms with E-state index in [0.29, 0.717) is 11.6 Å². The van der Waals surface area contributed by atoms with Crippen LogP contribution in [0.15, 0.2) is 36.7 Å². The molecule has 1 N–H and O–H groups in total. The van der Waals surface area contributed by atoms with Gasteiger partial charge in [0.05, 0.1) is 0 Å². The van der Waals surface area contributed by atoms with E-state index in [4.69, 9.17) is 0 Å². The van der Waals surface area contributed by atoms with Crippen LogP contribution in [-0.2, 0) is 6.54 Å². The number of hydrogen-bond acceptors (Lipinski definition) is 4. The summed E-state index contributed by atoms with van der Waals surface area (Å²) in [6, 6.07) is 7.44. The first-order chi connectivity index (χ1) is 10.3. The lowest BCUT2D eigenvalue weighted by Gasteiger charge is -2.20. The van der Waals surface area contributed by atoms with E-state index >= 15 is 0 Å². The molecule has 0 saturated carbocycles. The number of phenolic OH excluding ortho intramolecular Hbond substituents is 1. The third kappa shape index (κ3) is 3.58. The number of aromatic hydroxyl groups is 1. The molecule has 0 aliphatic carbocycles. The highest BCUT2D eigenvalue weighted by molar-refractivity contribution is 5.58. The first kappa shape index (κ1) is 14.0. The molecule has 1 aromatic carbocycles. The maximum Gasteiger partial charge on any atom is 0.159 e. The molecule has 0 amide bonds. The lowest BCUT2D eigenvalue weighted by Crippen LogP contribution is -2.24. The number of benzene rings is 1. The standard InChI is InChI=1S/C17H21N3O/c21-16-7-6-14(17-18-8-5-9-19-17)12-15(16)13-20-10-3-1-2-4-11-20/h5-9,12,21H,1-4,10-11,13H2. The number of aromatic nitrogens is 2. The second kappa shape index (κ2) is 6.68. The van der Waals surface area contributed by atoms with Gasteiger partial charge in [0.2, 0.25) is 0 Å². The van der Waals surface area contributed by atoms with E-state index in [1.54, 1.807) is 18.5 Å². The highest BCUT2D eigenvalue weighted by atomic mass is 16.3. The molecule has 2 heterocycles. The zero-order valence-corrected chi connectivity index (χ0v) is 12.2. The maximum absolute atomic E-state index is 10.1. The van der Waals surface area contributed by atoms with Gasteiger partial charge in [-0.3, -0.25) is 4.90 Å². The van der Waals surface area contributed by atoms with Gasteiger partial charge in [0.15, 0.2) is 5.82 Å². The van der Waals surface area contributed by atoms with Crippen LogP contribution in [-0.4, -0.2) is 33.1 Å². The van der Waals surface area contributed by atoms with Gasteiger partial charge < -0.3 is 5.11 Å². The minimum absolute atomic E-state index is 0.360. The van der Waals surface area contributed by atoms with E-state index in [1.165, 1.54) is 25.7 Å². The molecule has 0 spiro atoms. The molecule has 0 bridgehead atoms. The molecular weight excluding hydrogens is 262 g/mol. The Morgan fingerprint density at radius 1 is 1.00 bits per heavy atom. The van der Waals surface area contributed by atoms with Gasteiger partial charge in [-0.1, -0.05) is 12.8 Å². The van der Waals surface area contributed by atoms with Crippen LogP contribution in [0.25, 0.3) is 11.4 Å². The van der Waals surface area contributed by atoms with Gasteiger partial charge in [-0.05, 0) is 50.2 Å². The average Bonchev–Trinajstić information content (AvgIpc) is 2.79. The Bertz CT molecular complexity index is 578. The second-order valence-electron chi connectivity index (χ2n) is 5.61. The van der Waals surface area contributed by atoms with Crippen molar-refractivity contribution in [2.45, 2.75) is 32.2 Å². The Hall–Kier alpha value is -1.94. The summed E-state index contributed by atoms with van der Waals surface area (Å²) in [6.45, 7) is 3.03. The van der Waals surface area contributed by atoms with Crippen molar-refractivity contribution in [3.8, 4) is 17.1 Å². The van der Waals surface area contributed by atoms with E-state index in [1.807, 2.05) is 18.2 Å². The van der Waals surface area contributed by atoms with Crippen LogP contribution in [0.2, 0.25) is 0 Å². The lowest BCUT2D eigenvalue weighted by molar-refractivity contribution is 0.273. The molecule has 4 heteroatoms. The van der Waals surface area contributed by atoms with Crippen molar-refractivity contribution in [1.82, 2.24) is 14.9 Å². The van der Waals surface area contributed by atoms with E-state index in [-0.39, 0.29) is 0 Å². The molecule has 1 aromatic heterocycles. The Morgan fingerprint density at radius 2 is 1.71 bits per heavy atom. The summed E-state index contributed by atoms with van der Waals surface area (Å²) in [4.78, 5) is 11.0. The molecule has 0 atom stereocenters. The molecule has 4 nitrogen and oxygen atoms in total. The molecule has 1 aliphatic rings. The third-order valence-corrected chi connectivity index (χ3v) is 4.00. The summed E-state index contributed by atoms with van der Waals surface area (Å²) in [5, 5.41) is 10.1. The molecule has 2 aromatic rings. The number of phenols is 1. The van der Waals surface area contributed by atoms with E-state index in [0.717, 1.165) is 30.8 Å². The number of nitrogens with zero attached hydrogens (tertiary/aromatic N) is 3. The first-order valence-corrected chi connectivity index (χ1v) is 7.64. The fourth-order valence-corrected chi connectivity index (χ4v) is 2.83. The summed E-state index contributed by atoms with van der Waals surface area (Å²) in [5.74, 6) is 1.06. The zero-order valence-electron chi connectivity index (χ0n) is 12.2. The fraction of sp³-hybridized carbons (Fsp3) is 0.412. The van der Waals surface area contributed by atoms with Crippen LogP contribution in [0, 0.1) is 0 Å². The van der Waals surface area contributed by atoms with Crippen LogP contribution in [0.5, 0.6) is 5.75 Å². The SMILES string of the molecule is Oc1ccc(-c2ncccn2)cc1CN1CCCCCC1. The first-order valence-electron chi connectivity index (χ1n) is 7.64. The minimum atomic E-state index is 0.360. The normalized spacial score (nSPS) is 16.6. The van der Waals surface area contributed by atoms with Gasteiger partial charge in [-0.15, -0.1) is 0 Å². The van der Waals surface area contributed by atoms with Crippen LogP contribution < -0.4 is 0 Å². The van der Waals surface area contributed by atoms with Crippen molar-refractivity contribution in [3.05, 3.63) is 42.2 Å². The Morgan fingerprint density at radius 3 is 2.43 bits per heavy atom. The predicted molar refractivity (Wildman–Crippen MR) is 82.9 cm³/mol. The molecule has 21 heavy (non-hydrogen) atoms. The van der Waals surface area contributed by atoms with Crippen molar-refractivity contribution < 1.29 is 5.11 Å². The van der Waals surface area contributed by atoms with Gasteiger partial charge in [-0.25, -0.2) is 9.97 Å². The van der Waals surface area contributed by atoms with Gasteiger partial charge >= 0.3 is 0 Å². The van der Waals surface area contributed by atoms with Crippen LogP contribution >= 0.6 is 0 Å². The second-order valence-corrected chi connectivity index (χ2v) is 5.61. The van der Waals surface area contributed by atoms with Crippen LogP contribution in [0.4, 0.5) is 0 Å². The van der Waals surface area contributed by atoms with E-state index < -0.39 is 0 Å². The van der Waals surface area contributed by atoms with E-state index in [2.05, 4.69) is 14.9 Å². The topological polar surface area (TPSA) is 49.3 Å². The van der Waals surface area contributed by atoms with Crippen molar-refractivity contribution >= 4 is 0 Å². The molecule has 3 rings (SSSR count). The molecule has 1 fully saturated rings. The average molecular weight is 283 g/mol. The zero-order chi connectivity index (χ0) is 14.5. The van der Waals surface area contributed by atoms with Crippen LogP contribution in [0.1, 0.15) is 31.2 Å². The number of rotatable bonds is 3. The van der Waals surface area contributed by atoms with Gasteiger partial charge in [0.25, 0.3) is 0 Å². The van der Waals surface area contributed by atoms with Crippen molar-refractivity contribution in [2.24, 2.45) is 0 Å². The maximum atomic E-state index is 10.1. The van der Waals surface area contributed by atoms with Gasteiger partial charge in [-0.2, -0.15) is 0 Å². The number of hydrogen-bond donors (Lipinski definition) is 1. The summed E-state index contributed by atoms with van der Waals surface area (Å²) in [5.41, 5.74) is 1.92. The minimum Gasteiger partial charge on any atom is -0.508 e. The van der Waals surface area contributed by atoms with Crippen molar-refractivity contribution in [2.75, 3.05) is 13.1 Å². The largest absolute Gasteiger partial charge is 0.508 e. The van der Waals surface area contributed by atoms with E-state index in [9.17, 15) is 5.11 Å². The van der Waals surface area contributed by atoms with Gasteiger partial charge in [0.1, 0.15) is 5.75 Å². The Kier molecular flexibility index (Phi) is 4.46. The third-order valence-electron chi connectivity index (χ3n) is 4.00. The smallest absolute Gasteiger partial charge is 0.159 e. The fourth-order valence-electron chi connectivity index (χ4n) is 2.83. The summed E-state index contributed by atoms with van der Waals surface area (Å²) in [7, 11) is 0. The highest BCUT2D eigenvalue weighted by Gasteiger charge is 2.13. The molecule has 0 unspecified atom stereocenters. The van der Waals surface area contributed by atoms with Crippen molar-refractivity contribution in [3.63, 3.8) is 0 Å². The number of likely N-dealkylation sites (tertiary alicyclic amines) is 1. The lowest BCUT2D eigenvalue weighted by atomic mass is 10.1. The van der Waals surface area contributed by atoms with Gasteiger partial charge in [0, 0.05) is 30.1 Å². The molecule has 0 radical (unpaired) electrons. The predicted octanol–water partition coefficient (Wildman–Crippen LogP) is 3.23.